The first-order valence-corrected chi connectivity index (χ1v) is 8.90. The minimum atomic E-state index is 0.0896. The summed E-state index contributed by atoms with van der Waals surface area (Å²) >= 11 is 0. The fourth-order valence-corrected chi connectivity index (χ4v) is 3.57. The number of likely N-dealkylation sites (tertiary alicyclic amines) is 2. The smallest absolute Gasteiger partial charge is 0.254 e. The number of piperidine rings is 2. The maximum Gasteiger partial charge on any atom is 0.254 e. The third-order valence-electron chi connectivity index (χ3n) is 4.94. The Hall–Kier alpha value is -1.84. The fourth-order valence-electron chi connectivity index (χ4n) is 3.57. The van der Waals surface area contributed by atoms with Crippen LogP contribution in [-0.2, 0) is 11.2 Å². The molecule has 0 N–H and O–H groups in total. The van der Waals surface area contributed by atoms with Crippen molar-refractivity contribution in [1.82, 2.24) is 9.80 Å². The molecule has 0 spiro atoms. The number of hydrogen-bond acceptors (Lipinski definition) is 2. The first-order valence-electron chi connectivity index (χ1n) is 8.90. The molecule has 23 heavy (non-hydrogen) atoms. The van der Waals surface area contributed by atoms with Crippen LogP contribution in [0.15, 0.2) is 24.3 Å². The highest BCUT2D eigenvalue weighted by Crippen LogP contribution is 2.18. The first kappa shape index (κ1) is 16.0. The lowest BCUT2D eigenvalue weighted by Crippen LogP contribution is -2.38. The van der Waals surface area contributed by atoms with Crippen molar-refractivity contribution in [3.05, 3.63) is 35.4 Å². The molecule has 0 radical (unpaired) electrons. The number of rotatable bonds is 3. The van der Waals surface area contributed by atoms with Crippen LogP contribution in [0.2, 0.25) is 0 Å². The maximum absolute atomic E-state index is 12.8. The Morgan fingerprint density at radius 3 is 2.00 bits per heavy atom. The number of hydrogen-bond donors (Lipinski definition) is 0. The highest BCUT2D eigenvalue weighted by molar-refractivity contribution is 5.97. The van der Waals surface area contributed by atoms with Crippen molar-refractivity contribution in [2.45, 2.75) is 44.9 Å². The van der Waals surface area contributed by atoms with E-state index in [-0.39, 0.29) is 11.8 Å². The van der Waals surface area contributed by atoms with Gasteiger partial charge in [0.25, 0.3) is 5.91 Å². The molecule has 2 heterocycles. The Morgan fingerprint density at radius 2 is 1.35 bits per heavy atom. The minimum Gasteiger partial charge on any atom is -0.342 e. The summed E-state index contributed by atoms with van der Waals surface area (Å²) in [5.41, 5.74) is 1.58. The number of benzene rings is 1. The van der Waals surface area contributed by atoms with Gasteiger partial charge in [0.15, 0.2) is 0 Å². The summed E-state index contributed by atoms with van der Waals surface area (Å²) in [4.78, 5) is 29.2. The van der Waals surface area contributed by atoms with Gasteiger partial charge in [-0.25, -0.2) is 0 Å². The zero-order chi connectivity index (χ0) is 16.1. The molecule has 4 heteroatoms. The van der Waals surface area contributed by atoms with Crippen LogP contribution in [0.4, 0.5) is 0 Å². The molecule has 0 unspecified atom stereocenters. The lowest BCUT2D eigenvalue weighted by atomic mass is 10.0. The van der Waals surface area contributed by atoms with Crippen molar-refractivity contribution in [1.29, 1.82) is 0 Å². The lowest BCUT2D eigenvalue weighted by Gasteiger charge is -2.29. The fraction of sp³-hybridized carbons (Fsp3) is 0.579. The largest absolute Gasteiger partial charge is 0.342 e. The molecule has 124 valence electrons. The van der Waals surface area contributed by atoms with Gasteiger partial charge in [0.05, 0.1) is 6.42 Å². The van der Waals surface area contributed by atoms with Gasteiger partial charge in [-0.1, -0.05) is 18.2 Å². The van der Waals surface area contributed by atoms with Crippen LogP contribution in [0.3, 0.4) is 0 Å². The highest BCUT2D eigenvalue weighted by atomic mass is 16.2. The average Bonchev–Trinajstić information content (AvgIpc) is 2.63. The molecule has 2 aliphatic rings. The van der Waals surface area contributed by atoms with Gasteiger partial charge >= 0.3 is 0 Å². The second-order valence-corrected chi connectivity index (χ2v) is 6.63. The average molecular weight is 314 g/mol. The summed E-state index contributed by atoms with van der Waals surface area (Å²) < 4.78 is 0. The molecule has 1 aromatic carbocycles. The minimum absolute atomic E-state index is 0.0896. The van der Waals surface area contributed by atoms with E-state index in [0.717, 1.165) is 57.4 Å². The Kier molecular flexibility index (Phi) is 5.31. The van der Waals surface area contributed by atoms with E-state index < -0.39 is 0 Å². The SMILES string of the molecule is O=C(Cc1ccccc1C(=O)N1CCCCC1)N1CCCCC1. The summed E-state index contributed by atoms with van der Waals surface area (Å²) in [6.07, 6.45) is 7.13. The molecule has 2 fully saturated rings. The zero-order valence-electron chi connectivity index (χ0n) is 13.8. The van der Waals surface area contributed by atoms with E-state index in [0.29, 0.717) is 12.0 Å². The second kappa shape index (κ2) is 7.62. The van der Waals surface area contributed by atoms with Gasteiger partial charge in [-0.3, -0.25) is 9.59 Å². The normalized spacial score (nSPS) is 18.8. The summed E-state index contributed by atoms with van der Waals surface area (Å²) in [5, 5.41) is 0. The summed E-state index contributed by atoms with van der Waals surface area (Å²) in [6.45, 7) is 3.41. The number of amides is 2. The van der Waals surface area contributed by atoms with Crippen molar-refractivity contribution >= 4 is 11.8 Å². The predicted octanol–water partition coefficient (Wildman–Crippen LogP) is 2.87. The molecular weight excluding hydrogens is 288 g/mol. The van der Waals surface area contributed by atoms with Crippen LogP contribution in [0, 0.1) is 0 Å². The number of carbonyl (C=O) groups is 2. The Morgan fingerprint density at radius 1 is 0.783 bits per heavy atom. The van der Waals surface area contributed by atoms with E-state index in [1.165, 1.54) is 12.8 Å². The molecule has 2 amide bonds. The van der Waals surface area contributed by atoms with E-state index in [9.17, 15) is 9.59 Å². The van der Waals surface area contributed by atoms with Crippen LogP contribution < -0.4 is 0 Å². The van der Waals surface area contributed by atoms with Gasteiger partial charge in [-0.05, 0) is 50.2 Å². The molecule has 4 nitrogen and oxygen atoms in total. The van der Waals surface area contributed by atoms with Crippen molar-refractivity contribution in [3.8, 4) is 0 Å². The zero-order valence-corrected chi connectivity index (χ0v) is 13.8. The molecule has 0 aliphatic carbocycles. The Labute approximate surface area is 138 Å². The third-order valence-corrected chi connectivity index (χ3v) is 4.94. The molecule has 0 aromatic heterocycles. The van der Waals surface area contributed by atoms with E-state index in [4.69, 9.17) is 0 Å². The van der Waals surface area contributed by atoms with E-state index in [2.05, 4.69) is 0 Å². The summed E-state index contributed by atoms with van der Waals surface area (Å²) in [6, 6.07) is 7.62. The van der Waals surface area contributed by atoms with Crippen LogP contribution in [-0.4, -0.2) is 47.8 Å². The molecule has 2 saturated heterocycles. The number of nitrogens with zero attached hydrogens (tertiary/aromatic N) is 2. The summed E-state index contributed by atoms with van der Waals surface area (Å²) in [7, 11) is 0. The standard InChI is InChI=1S/C19H26N2O2/c22-18(20-11-5-1-6-12-20)15-16-9-3-4-10-17(16)19(23)21-13-7-2-8-14-21/h3-4,9-10H,1-2,5-8,11-15H2. The van der Waals surface area contributed by atoms with Gasteiger partial charge in [0.1, 0.15) is 0 Å². The molecule has 3 rings (SSSR count). The van der Waals surface area contributed by atoms with E-state index >= 15 is 0 Å². The Bertz CT molecular complexity index is 558. The molecular formula is C19H26N2O2. The van der Waals surface area contributed by atoms with E-state index in [1.807, 2.05) is 34.1 Å². The number of carbonyl (C=O) groups excluding carboxylic acids is 2. The molecule has 0 bridgehead atoms. The topological polar surface area (TPSA) is 40.6 Å². The first-order chi connectivity index (χ1) is 11.3. The van der Waals surface area contributed by atoms with Gasteiger partial charge in [0.2, 0.25) is 5.91 Å². The lowest BCUT2D eigenvalue weighted by molar-refractivity contribution is -0.131. The van der Waals surface area contributed by atoms with Gasteiger partial charge in [-0.2, -0.15) is 0 Å². The molecule has 1 aromatic rings. The van der Waals surface area contributed by atoms with Crippen molar-refractivity contribution in [3.63, 3.8) is 0 Å². The van der Waals surface area contributed by atoms with Crippen LogP contribution in [0.25, 0.3) is 0 Å². The van der Waals surface area contributed by atoms with Gasteiger partial charge in [-0.15, -0.1) is 0 Å². The van der Waals surface area contributed by atoms with Crippen molar-refractivity contribution in [2.24, 2.45) is 0 Å². The van der Waals surface area contributed by atoms with Crippen LogP contribution in [0.5, 0.6) is 0 Å². The van der Waals surface area contributed by atoms with E-state index in [1.54, 1.807) is 0 Å². The quantitative estimate of drug-likeness (QED) is 0.861. The van der Waals surface area contributed by atoms with Crippen molar-refractivity contribution in [2.75, 3.05) is 26.2 Å². The highest BCUT2D eigenvalue weighted by Gasteiger charge is 2.23. The second-order valence-electron chi connectivity index (χ2n) is 6.63. The molecule has 0 atom stereocenters. The predicted molar refractivity (Wildman–Crippen MR) is 90.3 cm³/mol. The monoisotopic (exact) mass is 314 g/mol. The van der Waals surface area contributed by atoms with Gasteiger partial charge < -0.3 is 9.80 Å². The third kappa shape index (κ3) is 3.92. The van der Waals surface area contributed by atoms with Crippen LogP contribution >= 0.6 is 0 Å². The molecule has 2 aliphatic heterocycles. The van der Waals surface area contributed by atoms with Gasteiger partial charge in [0, 0.05) is 31.7 Å². The summed E-state index contributed by atoms with van der Waals surface area (Å²) in [5.74, 6) is 0.246. The van der Waals surface area contributed by atoms with Crippen molar-refractivity contribution < 1.29 is 9.59 Å². The maximum atomic E-state index is 12.8. The Balaban J connectivity index is 1.72. The van der Waals surface area contributed by atoms with Crippen LogP contribution in [0.1, 0.15) is 54.4 Å². The molecule has 0 saturated carbocycles.